The van der Waals surface area contributed by atoms with Crippen LogP contribution in [0.4, 0.5) is 0 Å². The first kappa shape index (κ1) is 18.7. The van der Waals surface area contributed by atoms with Crippen molar-refractivity contribution in [2.45, 2.75) is 13.8 Å². The summed E-state index contributed by atoms with van der Waals surface area (Å²) < 4.78 is 0. The van der Waals surface area contributed by atoms with Crippen molar-refractivity contribution in [2.24, 2.45) is 0 Å². The van der Waals surface area contributed by atoms with Crippen molar-refractivity contribution in [3.63, 3.8) is 0 Å². The minimum Gasteiger partial charge on any atom is -0.275 e. The third-order valence-corrected chi connectivity index (χ3v) is 3.09. The summed E-state index contributed by atoms with van der Waals surface area (Å²) in [4.78, 5) is 35.9. The highest BCUT2D eigenvalue weighted by atomic mass is 35.5. The van der Waals surface area contributed by atoms with E-state index in [-0.39, 0.29) is 21.7 Å². The number of hydrogen-bond acceptors (Lipinski definition) is 6. The van der Waals surface area contributed by atoms with Gasteiger partial charge >= 0.3 is 0 Å². The lowest BCUT2D eigenvalue weighted by atomic mass is 10.3. The molecular weight excluding hydrogens is 374 g/mol. The van der Waals surface area contributed by atoms with Gasteiger partial charge in [-0.15, -0.1) is 0 Å². The average Bonchev–Trinajstić information content (AvgIpc) is 2.38. The van der Waals surface area contributed by atoms with E-state index in [1.54, 1.807) is 13.8 Å². The Morgan fingerprint density at radius 3 is 1.36 bits per heavy atom. The number of aromatic nitrogens is 4. The molecule has 0 spiro atoms. The summed E-state index contributed by atoms with van der Waals surface area (Å²) in [6.45, 7) is 3.28. The van der Waals surface area contributed by atoms with Crippen LogP contribution in [0.25, 0.3) is 0 Å². The lowest BCUT2D eigenvalue weighted by Gasteiger charge is -1.96. The van der Waals surface area contributed by atoms with E-state index in [4.69, 9.17) is 46.4 Å². The Hall–Kier alpha value is -1.34. The van der Waals surface area contributed by atoms with Gasteiger partial charge in [0, 0.05) is 12.4 Å². The van der Waals surface area contributed by atoms with Crippen molar-refractivity contribution >= 4 is 56.9 Å². The first-order valence-corrected chi connectivity index (χ1v) is 7.11. The number of carbonyl (C=O) groups is 2. The van der Waals surface area contributed by atoms with E-state index < -0.39 is 10.5 Å². The van der Waals surface area contributed by atoms with Gasteiger partial charge in [-0.1, -0.05) is 0 Å². The monoisotopic (exact) mass is 380 g/mol. The SMILES string of the molecule is Cc1nc(Cl)ncc1C(=O)Cl.Cc1nc(Cl)ncc1C(=O)Cl. The van der Waals surface area contributed by atoms with Gasteiger partial charge in [0.15, 0.2) is 0 Å². The first-order valence-electron chi connectivity index (χ1n) is 5.60. The van der Waals surface area contributed by atoms with E-state index in [9.17, 15) is 9.59 Å². The summed E-state index contributed by atoms with van der Waals surface area (Å²) in [5, 5.41) is -0.910. The van der Waals surface area contributed by atoms with Gasteiger partial charge in [-0.05, 0) is 60.3 Å². The van der Waals surface area contributed by atoms with Crippen LogP contribution >= 0.6 is 46.4 Å². The molecule has 2 heterocycles. The second-order valence-electron chi connectivity index (χ2n) is 3.82. The standard InChI is InChI=1S/2C6H4Cl2N2O/c2*1-3-4(5(7)11)2-9-6(8)10-3/h2*2H,1H3. The van der Waals surface area contributed by atoms with Crippen LogP contribution in [0.5, 0.6) is 0 Å². The van der Waals surface area contributed by atoms with Crippen molar-refractivity contribution in [3.05, 3.63) is 45.5 Å². The van der Waals surface area contributed by atoms with Crippen LogP contribution in [0.1, 0.15) is 32.1 Å². The van der Waals surface area contributed by atoms with Gasteiger partial charge in [-0.25, -0.2) is 19.9 Å². The highest BCUT2D eigenvalue weighted by molar-refractivity contribution is 6.68. The van der Waals surface area contributed by atoms with Gasteiger partial charge in [0.25, 0.3) is 10.5 Å². The van der Waals surface area contributed by atoms with E-state index in [2.05, 4.69) is 19.9 Å². The first-order chi connectivity index (χ1) is 10.2. The zero-order chi connectivity index (χ0) is 16.9. The van der Waals surface area contributed by atoms with E-state index in [0.29, 0.717) is 11.4 Å². The molecule has 10 heteroatoms. The Labute approximate surface area is 145 Å². The fraction of sp³-hybridized carbons (Fsp3) is 0.167. The number of halogens is 4. The topological polar surface area (TPSA) is 85.7 Å². The van der Waals surface area contributed by atoms with Crippen LogP contribution in [0.3, 0.4) is 0 Å². The quantitative estimate of drug-likeness (QED) is 0.583. The molecule has 0 atom stereocenters. The Balaban J connectivity index is 0.000000220. The molecule has 2 aromatic heterocycles. The maximum absolute atomic E-state index is 10.6. The molecule has 2 aromatic rings. The molecule has 0 amide bonds. The zero-order valence-corrected chi connectivity index (χ0v) is 14.3. The van der Waals surface area contributed by atoms with Crippen LogP contribution in [0.2, 0.25) is 10.6 Å². The smallest absolute Gasteiger partial charge is 0.255 e. The molecule has 2 rings (SSSR count). The Bertz CT molecular complexity index is 663. The second-order valence-corrected chi connectivity index (χ2v) is 5.19. The summed E-state index contributed by atoms with van der Waals surface area (Å²) >= 11 is 21.3. The predicted octanol–water partition coefficient (Wildman–Crippen LogP) is 3.63. The molecular formula is C12H8Cl4N4O2. The van der Waals surface area contributed by atoms with Crippen molar-refractivity contribution in [3.8, 4) is 0 Å². The van der Waals surface area contributed by atoms with Gasteiger partial charge < -0.3 is 0 Å². The second kappa shape index (κ2) is 8.33. The molecule has 0 bridgehead atoms. The number of aryl methyl sites for hydroxylation is 2. The Morgan fingerprint density at radius 2 is 1.14 bits per heavy atom. The van der Waals surface area contributed by atoms with Crippen LogP contribution < -0.4 is 0 Å². The summed E-state index contributed by atoms with van der Waals surface area (Å²) in [6.07, 6.45) is 2.61. The normalized spacial score (nSPS) is 9.73. The van der Waals surface area contributed by atoms with Crippen LogP contribution in [0.15, 0.2) is 12.4 Å². The molecule has 0 saturated heterocycles. The number of carbonyl (C=O) groups excluding carboxylic acids is 2. The van der Waals surface area contributed by atoms with Crippen LogP contribution in [0, 0.1) is 13.8 Å². The van der Waals surface area contributed by atoms with Gasteiger partial charge in [0.2, 0.25) is 10.6 Å². The summed E-state index contributed by atoms with van der Waals surface area (Å²) in [5.41, 5.74) is 1.56. The Kier molecular flexibility index (Phi) is 7.09. The van der Waals surface area contributed by atoms with E-state index in [1.807, 2.05) is 0 Å². The third-order valence-electron chi connectivity index (χ3n) is 2.32. The molecule has 0 radical (unpaired) electrons. The van der Waals surface area contributed by atoms with Crippen molar-refractivity contribution in [1.29, 1.82) is 0 Å². The van der Waals surface area contributed by atoms with Gasteiger partial charge in [0.05, 0.1) is 22.5 Å². The largest absolute Gasteiger partial charge is 0.275 e. The summed E-state index contributed by atoms with van der Waals surface area (Å²) in [5.74, 6) is 0. The summed E-state index contributed by atoms with van der Waals surface area (Å²) in [7, 11) is 0. The fourth-order valence-corrected chi connectivity index (χ4v) is 1.99. The van der Waals surface area contributed by atoms with E-state index in [0.717, 1.165) is 0 Å². The van der Waals surface area contributed by atoms with Crippen molar-refractivity contribution in [1.82, 2.24) is 19.9 Å². The predicted molar refractivity (Wildman–Crippen MR) is 83.9 cm³/mol. The molecule has 0 unspecified atom stereocenters. The van der Waals surface area contributed by atoms with Crippen LogP contribution in [-0.2, 0) is 0 Å². The van der Waals surface area contributed by atoms with Crippen molar-refractivity contribution < 1.29 is 9.59 Å². The number of hydrogen-bond donors (Lipinski definition) is 0. The zero-order valence-electron chi connectivity index (χ0n) is 11.3. The molecule has 0 N–H and O–H groups in total. The maximum Gasteiger partial charge on any atom is 0.255 e. The molecule has 6 nitrogen and oxygen atoms in total. The molecule has 0 aromatic carbocycles. The minimum atomic E-state index is -0.570. The van der Waals surface area contributed by atoms with Crippen molar-refractivity contribution in [2.75, 3.05) is 0 Å². The van der Waals surface area contributed by atoms with E-state index in [1.165, 1.54) is 12.4 Å². The maximum atomic E-state index is 10.6. The molecule has 116 valence electrons. The van der Waals surface area contributed by atoms with Crippen LogP contribution in [-0.4, -0.2) is 30.4 Å². The lowest BCUT2D eigenvalue weighted by molar-refractivity contribution is 0.107. The lowest BCUT2D eigenvalue weighted by Crippen LogP contribution is -1.98. The Morgan fingerprint density at radius 1 is 0.818 bits per heavy atom. The van der Waals surface area contributed by atoms with Gasteiger partial charge in [-0.3, -0.25) is 9.59 Å². The molecule has 0 aliphatic heterocycles. The summed E-state index contributed by atoms with van der Waals surface area (Å²) in [6, 6.07) is 0. The average molecular weight is 382 g/mol. The fourth-order valence-electron chi connectivity index (χ4n) is 1.26. The molecule has 0 aliphatic carbocycles. The molecule has 0 fully saturated rings. The number of rotatable bonds is 2. The molecule has 0 aliphatic rings. The third kappa shape index (κ3) is 5.46. The minimum absolute atomic E-state index is 0.115. The van der Waals surface area contributed by atoms with Gasteiger partial charge in [-0.2, -0.15) is 0 Å². The highest BCUT2D eigenvalue weighted by Gasteiger charge is 2.08. The molecule has 22 heavy (non-hydrogen) atoms. The highest BCUT2D eigenvalue weighted by Crippen LogP contribution is 2.10. The van der Waals surface area contributed by atoms with E-state index >= 15 is 0 Å². The molecule has 0 saturated carbocycles. The number of nitrogens with zero attached hydrogens (tertiary/aromatic N) is 4. The van der Waals surface area contributed by atoms with Gasteiger partial charge in [0.1, 0.15) is 0 Å².